The summed E-state index contributed by atoms with van der Waals surface area (Å²) in [4.78, 5) is 27.1. The third-order valence-corrected chi connectivity index (χ3v) is 4.25. The Morgan fingerprint density at radius 3 is 2.40 bits per heavy atom. The lowest BCUT2D eigenvalue weighted by Gasteiger charge is -2.29. The van der Waals surface area contributed by atoms with Crippen molar-refractivity contribution in [1.29, 1.82) is 0 Å². The number of nitrogens with one attached hydrogen (secondary N) is 1. The quantitative estimate of drug-likeness (QED) is 0.706. The average molecular weight is 275 g/mol. The molecule has 0 unspecified atom stereocenters. The van der Waals surface area contributed by atoms with Crippen molar-refractivity contribution in [3.05, 3.63) is 30.3 Å². The number of hydrogen-bond acceptors (Lipinski definition) is 3. The van der Waals surface area contributed by atoms with Gasteiger partial charge in [0, 0.05) is 12.8 Å². The van der Waals surface area contributed by atoms with Gasteiger partial charge >= 0.3 is 0 Å². The second kappa shape index (κ2) is 5.34. The van der Waals surface area contributed by atoms with E-state index in [1.807, 2.05) is 18.2 Å². The van der Waals surface area contributed by atoms with E-state index < -0.39 is 0 Å². The summed E-state index contributed by atoms with van der Waals surface area (Å²) in [5.41, 5.74) is 0.654. The Hall–Kier alpha value is -1.72. The number of aliphatic hydroxyl groups is 1. The lowest BCUT2D eigenvalue weighted by Crippen LogP contribution is -3.17. The summed E-state index contributed by atoms with van der Waals surface area (Å²) in [5, 5.41) is 9.54. The van der Waals surface area contributed by atoms with Gasteiger partial charge in [0.25, 0.3) is 5.91 Å². The van der Waals surface area contributed by atoms with Crippen molar-refractivity contribution in [2.45, 2.75) is 31.4 Å². The third kappa shape index (κ3) is 2.34. The number of benzene rings is 1. The van der Waals surface area contributed by atoms with Crippen LogP contribution in [0.2, 0.25) is 0 Å². The van der Waals surface area contributed by atoms with Crippen LogP contribution in [0, 0.1) is 0 Å². The molecular weight excluding hydrogens is 256 g/mol. The lowest BCUT2D eigenvalue weighted by atomic mass is 10.1. The highest BCUT2D eigenvalue weighted by Gasteiger charge is 2.46. The van der Waals surface area contributed by atoms with Gasteiger partial charge in [-0.2, -0.15) is 0 Å². The van der Waals surface area contributed by atoms with Crippen LogP contribution < -0.4 is 9.80 Å². The average Bonchev–Trinajstić information content (AvgIpc) is 2.76. The van der Waals surface area contributed by atoms with E-state index in [1.165, 1.54) is 4.90 Å². The van der Waals surface area contributed by atoms with Crippen molar-refractivity contribution in [3.8, 4) is 0 Å². The largest absolute Gasteiger partial charge is 0.393 e. The van der Waals surface area contributed by atoms with Crippen LogP contribution in [-0.4, -0.2) is 42.2 Å². The molecule has 106 valence electrons. The van der Waals surface area contributed by atoms with E-state index in [9.17, 15) is 14.7 Å². The fraction of sp³-hybridized carbons (Fsp3) is 0.467. The van der Waals surface area contributed by atoms with Gasteiger partial charge in [0.05, 0.1) is 31.3 Å². The van der Waals surface area contributed by atoms with Gasteiger partial charge in [0.1, 0.15) is 0 Å². The van der Waals surface area contributed by atoms with E-state index in [-0.39, 0.29) is 30.4 Å². The van der Waals surface area contributed by atoms with Crippen LogP contribution in [0.25, 0.3) is 0 Å². The van der Waals surface area contributed by atoms with Crippen molar-refractivity contribution < 1.29 is 19.6 Å². The molecule has 1 aromatic carbocycles. The van der Waals surface area contributed by atoms with Gasteiger partial charge in [0.2, 0.25) is 5.91 Å². The molecule has 2 aliphatic heterocycles. The zero-order valence-corrected chi connectivity index (χ0v) is 11.3. The number of aliphatic hydroxyl groups excluding tert-OH is 1. The second-order valence-electron chi connectivity index (χ2n) is 5.55. The van der Waals surface area contributed by atoms with Crippen LogP contribution in [-0.2, 0) is 9.59 Å². The Labute approximate surface area is 117 Å². The van der Waals surface area contributed by atoms with Crippen LogP contribution >= 0.6 is 0 Å². The van der Waals surface area contributed by atoms with E-state index in [2.05, 4.69) is 0 Å². The van der Waals surface area contributed by atoms with Gasteiger partial charge in [0.15, 0.2) is 6.04 Å². The van der Waals surface area contributed by atoms with Crippen molar-refractivity contribution in [1.82, 2.24) is 0 Å². The van der Waals surface area contributed by atoms with Gasteiger partial charge in [-0.25, -0.2) is 4.90 Å². The first-order chi connectivity index (χ1) is 9.66. The Morgan fingerprint density at radius 1 is 1.10 bits per heavy atom. The normalized spacial score (nSPS) is 30.9. The van der Waals surface area contributed by atoms with Crippen molar-refractivity contribution >= 4 is 17.5 Å². The number of piperidine rings is 1. The highest BCUT2D eigenvalue weighted by atomic mass is 16.3. The highest BCUT2D eigenvalue weighted by Crippen LogP contribution is 2.21. The first-order valence-electron chi connectivity index (χ1n) is 7.11. The molecule has 0 aliphatic carbocycles. The topological polar surface area (TPSA) is 62.1 Å². The van der Waals surface area contributed by atoms with E-state index in [0.717, 1.165) is 18.0 Å². The number of amides is 2. The second-order valence-corrected chi connectivity index (χ2v) is 5.55. The predicted molar refractivity (Wildman–Crippen MR) is 73.3 cm³/mol. The Morgan fingerprint density at radius 2 is 1.75 bits per heavy atom. The number of para-hydroxylation sites is 1. The molecule has 20 heavy (non-hydrogen) atoms. The molecule has 3 rings (SSSR count). The Balaban J connectivity index is 1.77. The number of carbonyl (C=O) groups excluding carboxylic acids is 2. The maximum Gasteiger partial charge on any atom is 0.292 e. The van der Waals surface area contributed by atoms with E-state index in [0.29, 0.717) is 18.5 Å². The highest BCUT2D eigenvalue weighted by molar-refractivity contribution is 6.21. The molecule has 2 aliphatic rings. The summed E-state index contributed by atoms with van der Waals surface area (Å²) in [6.07, 6.45) is 1.44. The third-order valence-electron chi connectivity index (χ3n) is 4.25. The molecular formula is C15H19N2O3+. The molecule has 0 radical (unpaired) electrons. The Bertz CT molecular complexity index is 509. The lowest BCUT2D eigenvalue weighted by molar-refractivity contribution is -0.920. The van der Waals surface area contributed by atoms with Crippen LogP contribution in [0.1, 0.15) is 19.3 Å². The van der Waals surface area contributed by atoms with Gasteiger partial charge in [-0.15, -0.1) is 0 Å². The number of nitrogens with zero attached hydrogens (tertiary/aromatic N) is 1. The number of quaternary nitrogens is 1. The number of rotatable bonds is 2. The number of anilines is 1. The first-order valence-corrected chi connectivity index (χ1v) is 7.11. The van der Waals surface area contributed by atoms with Crippen LogP contribution in [0.5, 0.6) is 0 Å². The monoisotopic (exact) mass is 275 g/mol. The van der Waals surface area contributed by atoms with Gasteiger partial charge in [-0.1, -0.05) is 18.2 Å². The summed E-state index contributed by atoms with van der Waals surface area (Å²) in [6, 6.07) is 8.81. The van der Waals surface area contributed by atoms with Crippen LogP contribution in [0.4, 0.5) is 5.69 Å². The predicted octanol–water partition coefficient (Wildman–Crippen LogP) is -0.642. The summed E-state index contributed by atoms with van der Waals surface area (Å²) in [6.45, 7) is 1.51. The molecule has 2 N–H and O–H groups in total. The van der Waals surface area contributed by atoms with Crippen molar-refractivity contribution in [2.75, 3.05) is 18.0 Å². The van der Waals surface area contributed by atoms with Crippen LogP contribution in [0.15, 0.2) is 30.3 Å². The summed E-state index contributed by atoms with van der Waals surface area (Å²) in [7, 11) is 0. The standard InChI is InChI=1S/C15H18N2O3/c18-12-6-8-16(9-7-12)13-10-14(19)17(15(13)20)11-4-2-1-3-5-11/h1-5,12-13,18H,6-10H2/p+1/t13-/m1/s1. The minimum atomic E-state index is -0.282. The zero-order valence-electron chi connectivity index (χ0n) is 11.3. The van der Waals surface area contributed by atoms with E-state index in [1.54, 1.807) is 12.1 Å². The number of hydrogen-bond donors (Lipinski definition) is 2. The summed E-state index contributed by atoms with van der Waals surface area (Å²) in [5.74, 6) is -0.225. The molecule has 2 amide bonds. The molecule has 2 saturated heterocycles. The molecule has 2 heterocycles. The minimum Gasteiger partial charge on any atom is -0.393 e. The first kappa shape index (κ1) is 13.3. The van der Waals surface area contributed by atoms with E-state index in [4.69, 9.17) is 0 Å². The molecule has 0 bridgehead atoms. The van der Waals surface area contributed by atoms with Gasteiger partial charge in [-0.05, 0) is 12.1 Å². The van der Waals surface area contributed by atoms with Gasteiger partial charge in [-0.3, -0.25) is 9.59 Å². The Kier molecular flexibility index (Phi) is 3.54. The molecule has 1 atom stereocenters. The van der Waals surface area contributed by atoms with E-state index >= 15 is 0 Å². The molecule has 0 spiro atoms. The van der Waals surface area contributed by atoms with Gasteiger partial charge < -0.3 is 10.0 Å². The molecule has 0 aromatic heterocycles. The molecule has 0 saturated carbocycles. The number of carbonyl (C=O) groups is 2. The summed E-state index contributed by atoms with van der Waals surface area (Å²) < 4.78 is 0. The minimum absolute atomic E-state index is 0.104. The molecule has 2 fully saturated rings. The molecule has 1 aromatic rings. The fourth-order valence-corrected chi connectivity index (χ4v) is 3.12. The molecule has 5 heteroatoms. The number of imide groups is 1. The van der Waals surface area contributed by atoms with Crippen molar-refractivity contribution in [3.63, 3.8) is 0 Å². The van der Waals surface area contributed by atoms with Crippen LogP contribution in [0.3, 0.4) is 0 Å². The number of likely N-dealkylation sites (tertiary alicyclic amines) is 1. The van der Waals surface area contributed by atoms with Crippen molar-refractivity contribution in [2.24, 2.45) is 0 Å². The maximum absolute atomic E-state index is 12.5. The fourth-order valence-electron chi connectivity index (χ4n) is 3.12. The summed E-state index contributed by atoms with van der Waals surface area (Å²) >= 11 is 0. The maximum atomic E-state index is 12.5. The molecule has 5 nitrogen and oxygen atoms in total. The SMILES string of the molecule is O=C1C[C@@H]([NH+]2CCC(O)CC2)C(=O)N1c1ccccc1. The zero-order chi connectivity index (χ0) is 14.1. The smallest absolute Gasteiger partial charge is 0.292 e.